The Morgan fingerprint density at radius 3 is 1.63 bits per heavy atom. The summed E-state index contributed by atoms with van der Waals surface area (Å²) in [6.45, 7) is 14.0. The number of hydrogen-bond donors (Lipinski definition) is 0. The maximum Gasteiger partial charge on any atom is 0 e. The van der Waals surface area contributed by atoms with Crippen LogP contribution in [-0.4, -0.2) is 44.9 Å². The quantitative estimate of drug-likeness (QED) is 0.613. The SMILES string of the molecule is CC[N-]C[N-]C(C)(C)C.C[N-]C(C)CC(C)[N-]C.[Co]. The van der Waals surface area contributed by atoms with Gasteiger partial charge in [0.1, 0.15) is 0 Å². The van der Waals surface area contributed by atoms with Crippen LogP contribution in [0.5, 0.6) is 0 Å². The summed E-state index contributed by atoms with van der Waals surface area (Å²) >= 11 is 0. The van der Waals surface area contributed by atoms with Crippen LogP contribution >= 0.6 is 0 Å². The van der Waals surface area contributed by atoms with E-state index in [2.05, 4.69) is 55.9 Å². The molecule has 0 fully saturated rings. The Kier molecular flexibility index (Phi) is 18.9. The molecule has 0 saturated carbocycles. The van der Waals surface area contributed by atoms with Gasteiger partial charge in [0, 0.05) is 16.8 Å². The third kappa shape index (κ3) is 23.8. The molecule has 2 unspecified atom stereocenters. The minimum atomic E-state index is 0. The van der Waals surface area contributed by atoms with Crippen molar-refractivity contribution in [1.29, 1.82) is 0 Å². The van der Waals surface area contributed by atoms with Gasteiger partial charge in [0.05, 0.1) is 0 Å². The van der Waals surface area contributed by atoms with E-state index in [-0.39, 0.29) is 22.3 Å². The predicted molar refractivity (Wildman–Crippen MR) is 84.0 cm³/mol. The molecule has 0 rings (SSSR count). The molecular formula is C14H32CoN4-4. The van der Waals surface area contributed by atoms with Crippen LogP contribution in [0.3, 0.4) is 0 Å². The van der Waals surface area contributed by atoms with Crippen molar-refractivity contribution in [3.8, 4) is 0 Å². The maximum absolute atomic E-state index is 4.28. The van der Waals surface area contributed by atoms with Crippen LogP contribution in [-0.2, 0) is 16.8 Å². The predicted octanol–water partition coefficient (Wildman–Crippen LogP) is 4.67. The van der Waals surface area contributed by atoms with Crippen LogP contribution in [0.4, 0.5) is 0 Å². The maximum atomic E-state index is 4.28. The second-order valence-corrected chi connectivity index (χ2v) is 5.46. The first kappa shape index (κ1) is 24.4. The van der Waals surface area contributed by atoms with Crippen LogP contribution in [0.25, 0.3) is 21.3 Å². The summed E-state index contributed by atoms with van der Waals surface area (Å²) in [5, 5.41) is 16.6. The molecule has 0 spiro atoms. The molecule has 0 aliphatic heterocycles. The van der Waals surface area contributed by atoms with E-state index in [1.54, 1.807) is 0 Å². The molecule has 0 aliphatic carbocycles. The van der Waals surface area contributed by atoms with Crippen molar-refractivity contribution in [3.05, 3.63) is 21.3 Å². The average Bonchev–Trinajstić information content (AvgIpc) is 2.28. The molecule has 0 heterocycles. The van der Waals surface area contributed by atoms with Gasteiger partial charge in [-0.2, -0.15) is 20.6 Å². The normalized spacial score (nSPS) is 13.9. The average molecular weight is 315 g/mol. The molecular weight excluding hydrogens is 283 g/mol. The second kappa shape index (κ2) is 14.7. The van der Waals surface area contributed by atoms with E-state index in [4.69, 9.17) is 0 Å². The molecule has 1 radical (unpaired) electrons. The summed E-state index contributed by atoms with van der Waals surface area (Å²) in [5.41, 5.74) is 0.0820. The number of nitrogens with zero attached hydrogens (tertiary/aromatic N) is 4. The fourth-order valence-corrected chi connectivity index (χ4v) is 1.07. The van der Waals surface area contributed by atoms with Crippen molar-refractivity contribution in [2.24, 2.45) is 0 Å². The van der Waals surface area contributed by atoms with Gasteiger partial charge in [-0.15, -0.1) is 17.6 Å². The zero-order valence-corrected chi connectivity index (χ0v) is 14.9. The molecule has 0 bridgehead atoms. The van der Waals surface area contributed by atoms with E-state index >= 15 is 0 Å². The smallest absolute Gasteiger partial charge is 0 e. The third-order valence-corrected chi connectivity index (χ3v) is 2.43. The zero-order valence-electron chi connectivity index (χ0n) is 13.9. The fraction of sp³-hybridized carbons (Fsp3) is 1.00. The van der Waals surface area contributed by atoms with Gasteiger partial charge in [-0.05, 0) is 0 Å². The fourth-order valence-electron chi connectivity index (χ4n) is 1.07. The van der Waals surface area contributed by atoms with E-state index in [0.717, 1.165) is 13.0 Å². The summed E-state index contributed by atoms with van der Waals surface area (Å²) in [4.78, 5) is 0. The molecule has 0 N–H and O–H groups in total. The first-order chi connectivity index (χ1) is 8.26. The monoisotopic (exact) mass is 315 g/mol. The van der Waals surface area contributed by atoms with Crippen molar-refractivity contribution in [1.82, 2.24) is 0 Å². The Hall–Kier alpha value is 0.346. The third-order valence-electron chi connectivity index (χ3n) is 2.43. The summed E-state index contributed by atoms with van der Waals surface area (Å²) in [6, 6.07) is 0.924. The Morgan fingerprint density at radius 1 is 0.947 bits per heavy atom. The molecule has 2 atom stereocenters. The van der Waals surface area contributed by atoms with E-state index in [1.807, 2.05) is 21.0 Å². The molecule has 19 heavy (non-hydrogen) atoms. The first-order valence-corrected chi connectivity index (χ1v) is 6.76. The molecule has 4 nitrogen and oxygen atoms in total. The first-order valence-electron chi connectivity index (χ1n) is 6.76. The van der Waals surface area contributed by atoms with Crippen molar-refractivity contribution in [2.75, 3.05) is 27.3 Å². The molecule has 0 aromatic carbocycles. The van der Waals surface area contributed by atoms with Crippen LogP contribution in [0.2, 0.25) is 0 Å². The summed E-state index contributed by atoms with van der Waals surface area (Å²) in [6.07, 6.45) is 1.08. The van der Waals surface area contributed by atoms with Crippen LogP contribution in [0.1, 0.15) is 48.0 Å². The summed E-state index contributed by atoms with van der Waals surface area (Å²) in [7, 11) is 3.71. The van der Waals surface area contributed by atoms with Gasteiger partial charge >= 0.3 is 0 Å². The topological polar surface area (TPSA) is 56.4 Å². The van der Waals surface area contributed by atoms with Gasteiger partial charge in [0.15, 0.2) is 0 Å². The molecule has 5 heteroatoms. The number of hydrogen-bond acceptors (Lipinski definition) is 0. The van der Waals surface area contributed by atoms with Crippen LogP contribution in [0.15, 0.2) is 0 Å². The Bertz CT molecular complexity index is 163. The molecule has 0 saturated heterocycles. The van der Waals surface area contributed by atoms with Crippen molar-refractivity contribution < 1.29 is 16.8 Å². The molecule has 0 amide bonds. The molecule has 121 valence electrons. The number of rotatable bonds is 7. The summed E-state index contributed by atoms with van der Waals surface area (Å²) < 4.78 is 0. The van der Waals surface area contributed by atoms with Gasteiger partial charge in [0.25, 0.3) is 0 Å². The summed E-state index contributed by atoms with van der Waals surface area (Å²) in [5.74, 6) is 0. The second-order valence-electron chi connectivity index (χ2n) is 5.46. The van der Waals surface area contributed by atoms with Crippen molar-refractivity contribution in [3.63, 3.8) is 0 Å². The largest absolute Gasteiger partial charge is 0.681 e. The van der Waals surface area contributed by atoms with Gasteiger partial charge in [-0.25, -0.2) is 0 Å². The Balaban J connectivity index is -0.000000256. The van der Waals surface area contributed by atoms with E-state index in [1.165, 1.54) is 0 Å². The molecule has 0 aliphatic rings. The molecule has 0 aromatic heterocycles. The van der Waals surface area contributed by atoms with Crippen molar-refractivity contribution >= 4 is 0 Å². The Labute approximate surface area is 131 Å². The molecule has 0 aromatic rings. The minimum absolute atomic E-state index is 0. The zero-order chi connectivity index (χ0) is 14.6. The van der Waals surface area contributed by atoms with Gasteiger partial charge in [-0.3, -0.25) is 6.67 Å². The van der Waals surface area contributed by atoms with E-state index < -0.39 is 0 Å². The van der Waals surface area contributed by atoms with Crippen LogP contribution < -0.4 is 0 Å². The minimum Gasteiger partial charge on any atom is -0.681 e. The van der Waals surface area contributed by atoms with Gasteiger partial charge < -0.3 is 21.3 Å². The van der Waals surface area contributed by atoms with Gasteiger partial charge in [0.2, 0.25) is 0 Å². The van der Waals surface area contributed by atoms with Gasteiger partial charge in [-0.1, -0.05) is 48.0 Å². The van der Waals surface area contributed by atoms with E-state index in [9.17, 15) is 0 Å². The van der Waals surface area contributed by atoms with Crippen molar-refractivity contribution in [2.45, 2.75) is 65.6 Å². The van der Waals surface area contributed by atoms with E-state index in [0.29, 0.717) is 18.8 Å². The van der Waals surface area contributed by atoms with Crippen LogP contribution in [0, 0.1) is 0 Å². The Morgan fingerprint density at radius 2 is 1.37 bits per heavy atom. The standard InChI is InChI=1S/2C7H16N2.Co/c1-6(8-3)5-7(2)9-4;1-5-8-6-9-7(2,3)4;/h6-7H,5H2,1-4H3;5-6H2,1-4H3;/q2*-2;.